The van der Waals surface area contributed by atoms with Crippen molar-refractivity contribution < 1.29 is 13.2 Å². The zero-order valence-electron chi connectivity index (χ0n) is 12.3. The second-order valence-corrected chi connectivity index (χ2v) is 7.16. The topological polar surface area (TPSA) is 83.7 Å². The van der Waals surface area contributed by atoms with Gasteiger partial charge in [-0.3, -0.25) is 4.79 Å². The van der Waals surface area contributed by atoms with Crippen LogP contribution in [-0.2, 0) is 14.8 Å². The van der Waals surface area contributed by atoms with Gasteiger partial charge >= 0.3 is 0 Å². The Balaban J connectivity index is 3.15. The molecule has 0 unspecified atom stereocenters. The Kier molecular flexibility index (Phi) is 6.00. The molecule has 0 aliphatic heterocycles. The van der Waals surface area contributed by atoms with Gasteiger partial charge in [-0.05, 0) is 24.6 Å². The summed E-state index contributed by atoms with van der Waals surface area (Å²) in [5.41, 5.74) is 5.84. The van der Waals surface area contributed by atoms with Crippen LogP contribution in [0.4, 0.5) is 5.69 Å². The molecular weight excluding hydrogens is 314 g/mol. The molecule has 0 atom stereocenters. The Morgan fingerprint density at radius 3 is 2.43 bits per heavy atom. The van der Waals surface area contributed by atoms with E-state index >= 15 is 0 Å². The van der Waals surface area contributed by atoms with Gasteiger partial charge in [0.1, 0.15) is 0 Å². The van der Waals surface area contributed by atoms with Crippen molar-refractivity contribution in [2.75, 3.05) is 32.9 Å². The molecule has 2 N–H and O–H groups in total. The predicted molar refractivity (Wildman–Crippen MR) is 83.6 cm³/mol. The van der Waals surface area contributed by atoms with Crippen molar-refractivity contribution in [3.63, 3.8) is 0 Å². The highest BCUT2D eigenvalue weighted by Gasteiger charge is 2.26. The maximum absolute atomic E-state index is 12.6. The Labute approximate surface area is 130 Å². The molecule has 0 saturated carbocycles. The minimum Gasteiger partial charge on any atom is -0.397 e. The van der Waals surface area contributed by atoms with Gasteiger partial charge in [0.2, 0.25) is 15.9 Å². The molecule has 6 nitrogen and oxygen atoms in total. The van der Waals surface area contributed by atoms with Crippen molar-refractivity contribution in [2.45, 2.75) is 18.2 Å². The Morgan fingerprint density at radius 2 is 1.95 bits per heavy atom. The summed E-state index contributed by atoms with van der Waals surface area (Å²) in [5, 5.41) is 0.292. The number of likely N-dealkylation sites (N-methyl/N-ethyl adjacent to an activating group) is 1. The van der Waals surface area contributed by atoms with Gasteiger partial charge in [0.25, 0.3) is 0 Å². The first-order chi connectivity index (χ1) is 9.70. The Morgan fingerprint density at radius 1 is 1.33 bits per heavy atom. The minimum atomic E-state index is -3.78. The molecule has 0 aliphatic carbocycles. The molecule has 21 heavy (non-hydrogen) atoms. The van der Waals surface area contributed by atoms with Gasteiger partial charge in [0.05, 0.1) is 22.2 Å². The molecule has 0 aromatic heterocycles. The number of hydrogen-bond donors (Lipinski definition) is 1. The van der Waals surface area contributed by atoms with Crippen LogP contribution in [0.25, 0.3) is 0 Å². The highest BCUT2D eigenvalue weighted by Crippen LogP contribution is 2.24. The lowest BCUT2D eigenvalue weighted by atomic mass is 10.3. The van der Waals surface area contributed by atoms with Crippen LogP contribution in [0.3, 0.4) is 0 Å². The fourth-order valence-electron chi connectivity index (χ4n) is 1.66. The lowest BCUT2D eigenvalue weighted by Crippen LogP contribution is -2.40. The second-order valence-electron chi connectivity index (χ2n) is 4.81. The van der Waals surface area contributed by atoms with Crippen molar-refractivity contribution in [2.24, 2.45) is 0 Å². The van der Waals surface area contributed by atoms with E-state index in [9.17, 15) is 13.2 Å². The number of benzene rings is 1. The minimum absolute atomic E-state index is 0.0319. The number of anilines is 1. The number of rotatable bonds is 6. The summed E-state index contributed by atoms with van der Waals surface area (Å²) in [5.74, 6) is -0.283. The fraction of sp³-hybridized carbons (Fsp3) is 0.462. The van der Waals surface area contributed by atoms with Crippen LogP contribution in [0.1, 0.15) is 13.3 Å². The SMILES string of the molecule is CCCN(CC(=O)N(C)C)S(=O)(=O)c1ccc(Cl)c(N)c1. The molecule has 118 valence electrons. The number of halogens is 1. The first-order valence-electron chi connectivity index (χ1n) is 6.45. The lowest BCUT2D eigenvalue weighted by Gasteiger charge is -2.23. The number of sulfonamides is 1. The first-order valence-corrected chi connectivity index (χ1v) is 8.27. The number of nitrogens with two attached hydrogens (primary N) is 1. The number of amides is 1. The molecule has 1 amide bonds. The number of nitrogens with zero attached hydrogens (tertiary/aromatic N) is 2. The first kappa shape index (κ1) is 17.7. The number of carbonyl (C=O) groups is 1. The average Bonchev–Trinajstić information content (AvgIpc) is 2.40. The van der Waals surface area contributed by atoms with E-state index in [1.807, 2.05) is 6.92 Å². The summed E-state index contributed by atoms with van der Waals surface area (Å²) in [6.07, 6.45) is 0.600. The quantitative estimate of drug-likeness (QED) is 0.798. The Hall–Kier alpha value is -1.31. The Bertz CT molecular complexity index is 617. The molecule has 1 rings (SSSR count). The van der Waals surface area contributed by atoms with Gasteiger partial charge in [0.15, 0.2) is 0 Å². The maximum Gasteiger partial charge on any atom is 0.243 e. The summed E-state index contributed by atoms with van der Waals surface area (Å²) in [6.45, 7) is 1.90. The molecule has 1 aromatic carbocycles. The van der Waals surface area contributed by atoms with Crippen LogP contribution in [0.15, 0.2) is 23.1 Å². The third-order valence-corrected chi connectivity index (χ3v) is 5.07. The molecule has 0 fully saturated rings. The molecule has 0 heterocycles. The van der Waals surface area contributed by atoms with E-state index in [0.717, 1.165) is 4.31 Å². The monoisotopic (exact) mass is 333 g/mol. The molecular formula is C13H20ClN3O3S. The summed E-state index contributed by atoms with van der Waals surface area (Å²) in [4.78, 5) is 13.2. The maximum atomic E-state index is 12.6. The van der Waals surface area contributed by atoms with Crippen LogP contribution in [-0.4, -0.2) is 50.7 Å². The highest BCUT2D eigenvalue weighted by atomic mass is 35.5. The molecule has 1 aromatic rings. The van der Waals surface area contributed by atoms with Gasteiger partial charge in [-0.2, -0.15) is 4.31 Å². The van der Waals surface area contributed by atoms with Crippen molar-refractivity contribution in [3.8, 4) is 0 Å². The molecule has 0 bridgehead atoms. The lowest BCUT2D eigenvalue weighted by molar-refractivity contribution is -0.128. The summed E-state index contributed by atoms with van der Waals surface area (Å²) < 4.78 is 26.4. The molecule has 0 saturated heterocycles. The fourth-order valence-corrected chi connectivity index (χ4v) is 3.29. The van der Waals surface area contributed by atoms with Gasteiger partial charge in [-0.1, -0.05) is 18.5 Å². The normalized spacial score (nSPS) is 11.7. The number of carbonyl (C=O) groups excluding carboxylic acids is 1. The summed E-state index contributed by atoms with van der Waals surface area (Å²) in [7, 11) is -0.618. The largest absolute Gasteiger partial charge is 0.397 e. The second kappa shape index (κ2) is 7.11. The predicted octanol–water partition coefficient (Wildman–Crippen LogP) is 1.41. The molecule has 0 spiro atoms. The van der Waals surface area contributed by atoms with Crippen LogP contribution in [0.5, 0.6) is 0 Å². The zero-order valence-corrected chi connectivity index (χ0v) is 13.9. The van der Waals surface area contributed by atoms with Gasteiger partial charge < -0.3 is 10.6 Å². The van der Waals surface area contributed by atoms with Gasteiger partial charge in [-0.15, -0.1) is 0 Å². The summed E-state index contributed by atoms with van der Waals surface area (Å²) in [6, 6.07) is 4.12. The van der Waals surface area contributed by atoms with Crippen molar-refractivity contribution >= 4 is 33.2 Å². The number of nitrogen functional groups attached to an aromatic ring is 1. The van der Waals surface area contributed by atoms with Crippen LogP contribution in [0.2, 0.25) is 5.02 Å². The number of hydrogen-bond acceptors (Lipinski definition) is 4. The molecule has 8 heteroatoms. The third-order valence-electron chi connectivity index (χ3n) is 2.89. The highest BCUT2D eigenvalue weighted by molar-refractivity contribution is 7.89. The smallest absolute Gasteiger partial charge is 0.243 e. The van der Waals surface area contributed by atoms with Crippen molar-refractivity contribution in [1.29, 1.82) is 0 Å². The van der Waals surface area contributed by atoms with E-state index in [4.69, 9.17) is 17.3 Å². The van der Waals surface area contributed by atoms with Crippen molar-refractivity contribution in [1.82, 2.24) is 9.21 Å². The standard InChI is InChI=1S/C13H20ClN3O3S/c1-4-7-17(9-13(18)16(2)3)21(19,20)10-5-6-11(14)12(15)8-10/h5-6,8H,4,7,9,15H2,1-3H3. The van der Waals surface area contributed by atoms with Crippen LogP contribution >= 0.6 is 11.6 Å². The average molecular weight is 334 g/mol. The zero-order chi connectivity index (χ0) is 16.2. The summed E-state index contributed by atoms with van der Waals surface area (Å²) >= 11 is 5.80. The van der Waals surface area contributed by atoms with E-state index in [-0.39, 0.29) is 29.6 Å². The van der Waals surface area contributed by atoms with Crippen molar-refractivity contribution in [3.05, 3.63) is 23.2 Å². The van der Waals surface area contributed by atoms with E-state index in [0.29, 0.717) is 11.4 Å². The van der Waals surface area contributed by atoms with E-state index in [1.165, 1.54) is 23.1 Å². The van der Waals surface area contributed by atoms with Crippen LogP contribution in [0, 0.1) is 0 Å². The van der Waals surface area contributed by atoms with E-state index < -0.39 is 10.0 Å². The van der Waals surface area contributed by atoms with E-state index in [2.05, 4.69) is 0 Å². The molecule has 0 radical (unpaired) electrons. The van der Waals surface area contributed by atoms with Gasteiger partial charge in [-0.25, -0.2) is 8.42 Å². The van der Waals surface area contributed by atoms with Gasteiger partial charge in [0, 0.05) is 20.6 Å². The van der Waals surface area contributed by atoms with E-state index in [1.54, 1.807) is 14.1 Å². The molecule has 0 aliphatic rings. The third kappa shape index (κ3) is 4.33. The van der Waals surface area contributed by atoms with Crippen LogP contribution < -0.4 is 5.73 Å².